The summed E-state index contributed by atoms with van der Waals surface area (Å²) in [7, 11) is 0. The zero-order chi connectivity index (χ0) is 9.97. The van der Waals surface area contributed by atoms with Gasteiger partial charge in [0.05, 0.1) is 4.88 Å². The number of thiophene rings is 1. The molecule has 2 atom stereocenters. The van der Waals surface area contributed by atoms with Crippen molar-refractivity contribution in [2.45, 2.75) is 19.3 Å². The second kappa shape index (κ2) is 4.24. The van der Waals surface area contributed by atoms with E-state index in [2.05, 4.69) is 0 Å². The molecule has 2 nitrogen and oxygen atoms in total. The summed E-state index contributed by atoms with van der Waals surface area (Å²) < 4.78 is 0. The number of hydrogen-bond donors (Lipinski definition) is 1. The van der Waals surface area contributed by atoms with Crippen LogP contribution in [0.4, 0.5) is 0 Å². The molecule has 14 heavy (non-hydrogen) atoms. The number of carbonyl (C=O) groups excluding carboxylic acids is 1. The van der Waals surface area contributed by atoms with Crippen LogP contribution in [0.5, 0.6) is 0 Å². The van der Waals surface area contributed by atoms with E-state index in [-0.39, 0.29) is 5.92 Å². The van der Waals surface area contributed by atoms with Crippen molar-refractivity contribution >= 4 is 17.1 Å². The van der Waals surface area contributed by atoms with E-state index >= 15 is 0 Å². The van der Waals surface area contributed by atoms with Gasteiger partial charge in [-0.3, -0.25) is 4.79 Å². The van der Waals surface area contributed by atoms with Gasteiger partial charge in [0.1, 0.15) is 0 Å². The summed E-state index contributed by atoms with van der Waals surface area (Å²) in [6, 6.07) is 3.85. The second-order valence-electron chi connectivity index (χ2n) is 3.87. The first kappa shape index (κ1) is 9.87. The molecule has 1 aromatic heterocycles. The highest BCUT2D eigenvalue weighted by molar-refractivity contribution is 7.12. The number of rotatable bonds is 3. The van der Waals surface area contributed by atoms with E-state index in [0.717, 1.165) is 24.1 Å². The van der Waals surface area contributed by atoms with Crippen molar-refractivity contribution in [3.05, 3.63) is 22.4 Å². The molecule has 76 valence electrons. The highest BCUT2D eigenvalue weighted by Gasteiger charge is 2.32. The third kappa shape index (κ3) is 1.74. The standard InChI is InChI=1S/C11H15NOS/c12-7-8-3-1-4-9(8)11(13)10-5-2-6-14-10/h2,5-6,8-9H,1,3-4,7,12H2. The van der Waals surface area contributed by atoms with Crippen LogP contribution in [0, 0.1) is 11.8 Å². The summed E-state index contributed by atoms with van der Waals surface area (Å²) in [5.41, 5.74) is 5.67. The number of carbonyl (C=O) groups is 1. The summed E-state index contributed by atoms with van der Waals surface area (Å²) in [6.07, 6.45) is 3.31. The van der Waals surface area contributed by atoms with Crippen molar-refractivity contribution in [2.75, 3.05) is 6.54 Å². The zero-order valence-corrected chi connectivity index (χ0v) is 8.93. The Morgan fingerprint density at radius 1 is 1.57 bits per heavy atom. The lowest BCUT2D eigenvalue weighted by Crippen LogP contribution is -2.24. The lowest BCUT2D eigenvalue weighted by atomic mass is 9.91. The molecule has 1 aliphatic carbocycles. The molecule has 2 unspecified atom stereocenters. The van der Waals surface area contributed by atoms with Crippen molar-refractivity contribution in [1.29, 1.82) is 0 Å². The molecular formula is C11H15NOS. The Labute approximate surface area is 88.1 Å². The Kier molecular flexibility index (Phi) is 2.99. The van der Waals surface area contributed by atoms with Crippen LogP contribution in [0.2, 0.25) is 0 Å². The van der Waals surface area contributed by atoms with E-state index in [4.69, 9.17) is 5.73 Å². The molecule has 3 heteroatoms. The summed E-state index contributed by atoms with van der Waals surface area (Å²) >= 11 is 1.54. The average molecular weight is 209 g/mol. The minimum absolute atomic E-state index is 0.193. The normalized spacial score (nSPS) is 26.6. The summed E-state index contributed by atoms with van der Waals surface area (Å²) in [5.74, 6) is 0.927. The molecule has 1 heterocycles. The molecule has 1 aromatic rings. The maximum Gasteiger partial charge on any atom is 0.176 e. The topological polar surface area (TPSA) is 43.1 Å². The first-order chi connectivity index (χ1) is 6.83. The van der Waals surface area contributed by atoms with Crippen molar-refractivity contribution in [3.8, 4) is 0 Å². The van der Waals surface area contributed by atoms with Crippen molar-refractivity contribution in [2.24, 2.45) is 17.6 Å². The molecule has 2 N–H and O–H groups in total. The molecule has 0 saturated heterocycles. The van der Waals surface area contributed by atoms with E-state index in [0.29, 0.717) is 18.2 Å². The van der Waals surface area contributed by atoms with Gasteiger partial charge in [-0.15, -0.1) is 11.3 Å². The van der Waals surface area contributed by atoms with Gasteiger partial charge >= 0.3 is 0 Å². The van der Waals surface area contributed by atoms with Crippen LogP contribution in [0.1, 0.15) is 28.9 Å². The molecule has 1 fully saturated rings. The van der Waals surface area contributed by atoms with Crippen molar-refractivity contribution in [1.82, 2.24) is 0 Å². The van der Waals surface area contributed by atoms with Crippen molar-refractivity contribution < 1.29 is 4.79 Å². The van der Waals surface area contributed by atoms with Gasteiger partial charge in [0.2, 0.25) is 0 Å². The van der Waals surface area contributed by atoms with E-state index in [1.165, 1.54) is 0 Å². The third-order valence-electron chi connectivity index (χ3n) is 3.06. The van der Waals surface area contributed by atoms with Crippen LogP contribution in [0.15, 0.2) is 17.5 Å². The van der Waals surface area contributed by atoms with Crippen molar-refractivity contribution in [3.63, 3.8) is 0 Å². The Morgan fingerprint density at radius 3 is 3.07 bits per heavy atom. The van der Waals surface area contributed by atoms with Crippen LogP contribution in [-0.2, 0) is 0 Å². The fraction of sp³-hybridized carbons (Fsp3) is 0.545. The van der Waals surface area contributed by atoms with Gasteiger partial charge in [-0.1, -0.05) is 12.5 Å². The summed E-state index contributed by atoms with van der Waals surface area (Å²) in [5, 5.41) is 1.96. The van der Waals surface area contributed by atoms with Gasteiger partial charge in [0.15, 0.2) is 5.78 Å². The maximum atomic E-state index is 12.0. The highest BCUT2D eigenvalue weighted by atomic mass is 32.1. The van der Waals surface area contributed by atoms with E-state index < -0.39 is 0 Å². The molecule has 0 spiro atoms. The predicted molar refractivity (Wildman–Crippen MR) is 58.5 cm³/mol. The lowest BCUT2D eigenvalue weighted by molar-refractivity contribution is 0.0898. The van der Waals surface area contributed by atoms with Crippen LogP contribution in [0.3, 0.4) is 0 Å². The van der Waals surface area contributed by atoms with Crippen LogP contribution < -0.4 is 5.73 Å². The van der Waals surface area contributed by atoms with E-state index in [1.807, 2.05) is 17.5 Å². The van der Waals surface area contributed by atoms with Gasteiger partial charge in [-0.2, -0.15) is 0 Å². The summed E-state index contributed by atoms with van der Waals surface area (Å²) in [6.45, 7) is 0.655. The predicted octanol–water partition coefficient (Wildman–Crippen LogP) is 2.31. The number of Topliss-reactive ketones (excluding diaryl/α,β-unsaturated/α-hetero) is 1. The number of nitrogens with two attached hydrogens (primary N) is 1. The fourth-order valence-electron chi connectivity index (χ4n) is 2.27. The lowest BCUT2D eigenvalue weighted by Gasteiger charge is -2.15. The Balaban J connectivity index is 2.11. The van der Waals surface area contributed by atoms with E-state index in [9.17, 15) is 4.79 Å². The molecule has 0 radical (unpaired) electrons. The third-order valence-corrected chi connectivity index (χ3v) is 3.95. The molecular weight excluding hydrogens is 194 g/mol. The highest BCUT2D eigenvalue weighted by Crippen LogP contribution is 2.34. The zero-order valence-electron chi connectivity index (χ0n) is 8.11. The van der Waals surface area contributed by atoms with Gasteiger partial charge in [0, 0.05) is 5.92 Å². The first-order valence-corrected chi connectivity index (χ1v) is 5.98. The molecule has 0 aliphatic heterocycles. The van der Waals surface area contributed by atoms with Gasteiger partial charge < -0.3 is 5.73 Å². The monoisotopic (exact) mass is 209 g/mol. The number of hydrogen-bond acceptors (Lipinski definition) is 3. The Hall–Kier alpha value is -0.670. The fourth-order valence-corrected chi connectivity index (χ4v) is 2.99. The number of ketones is 1. The molecule has 0 amide bonds. The molecule has 0 bridgehead atoms. The maximum absolute atomic E-state index is 12.0. The Bertz CT molecular complexity index is 307. The molecule has 2 rings (SSSR count). The van der Waals surface area contributed by atoms with Crippen LogP contribution >= 0.6 is 11.3 Å². The van der Waals surface area contributed by atoms with Crippen LogP contribution in [0.25, 0.3) is 0 Å². The van der Waals surface area contributed by atoms with Gasteiger partial charge in [-0.25, -0.2) is 0 Å². The van der Waals surface area contributed by atoms with Gasteiger partial charge in [-0.05, 0) is 36.8 Å². The van der Waals surface area contributed by atoms with Crippen LogP contribution in [-0.4, -0.2) is 12.3 Å². The largest absolute Gasteiger partial charge is 0.330 e. The van der Waals surface area contributed by atoms with E-state index in [1.54, 1.807) is 11.3 Å². The SMILES string of the molecule is NCC1CCCC1C(=O)c1cccs1. The molecule has 1 aliphatic rings. The Morgan fingerprint density at radius 2 is 2.43 bits per heavy atom. The minimum atomic E-state index is 0.193. The molecule has 1 saturated carbocycles. The second-order valence-corrected chi connectivity index (χ2v) is 4.82. The summed E-state index contributed by atoms with van der Waals surface area (Å²) in [4.78, 5) is 12.9. The quantitative estimate of drug-likeness (QED) is 0.776. The molecule has 0 aromatic carbocycles. The first-order valence-electron chi connectivity index (χ1n) is 5.10. The minimum Gasteiger partial charge on any atom is -0.330 e. The average Bonchev–Trinajstić information content (AvgIpc) is 2.87. The smallest absolute Gasteiger partial charge is 0.176 e. The van der Waals surface area contributed by atoms with Gasteiger partial charge in [0.25, 0.3) is 0 Å².